The molecule has 10 heteroatoms. The number of fused-ring (bicyclic) bond motifs is 1. The van der Waals surface area contributed by atoms with Crippen LogP contribution in [0.25, 0.3) is 10.9 Å². The summed E-state index contributed by atoms with van der Waals surface area (Å²) in [5, 5.41) is 5.67. The fourth-order valence-electron chi connectivity index (χ4n) is 3.47. The Balaban J connectivity index is 1.57. The van der Waals surface area contributed by atoms with Gasteiger partial charge in [-0.1, -0.05) is 28.1 Å². The van der Waals surface area contributed by atoms with E-state index in [9.17, 15) is 18.8 Å². The number of halogens is 2. The van der Waals surface area contributed by atoms with E-state index in [-0.39, 0.29) is 24.0 Å². The molecule has 1 aromatic heterocycles. The zero-order valence-electron chi connectivity index (χ0n) is 16.9. The molecule has 3 aromatic rings. The van der Waals surface area contributed by atoms with Gasteiger partial charge in [-0.05, 0) is 49.2 Å². The largest absolute Gasteiger partial charge is 0.376 e. The van der Waals surface area contributed by atoms with Gasteiger partial charge in [0.25, 0.3) is 5.91 Å². The number of carbonyl (C=O) groups is 3. The third-order valence-electron chi connectivity index (χ3n) is 5.05. The Morgan fingerprint density at radius 3 is 2.69 bits per heavy atom. The zero-order valence-corrected chi connectivity index (χ0v) is 18.4. The smallest absolute Gasteiger partial charge is 0.328 e. The number of hydrogen-bond donors (Lipinski definition) is 3. The fraction of sp³-hybridized carbons (Fsp3) is 0.227. The van der Waals surface area contributed by atoms with Crippen LogP contribution < -0.4 is 16.1 Å². The van der Waals surface area contributed by atoms with Crippen molar-refractivity contribution in [2.24, 2.45) is 0 Å². The summed E-state index contributed by atoms with van der Waals surface area (Å²) in [6.45, 7) is 0.865. The predicted octanol–water partition coefficient (Wildman–Crippen LogP) is 3.16. The average molecular weight is 503 g/mol. The van der Waals surface area contributed by atoms with Gasteiger partial charge in [0.1, 0.15) is 11.5 Å². The molecular weight excluding hydrogens is 483 g/mol. The average Bonchev–Trinajstić information content (AvgIpc) is 3.41. The SMILES string of the molecule is O=C(NC[C@H]1CCCO1)C(=O)Nn1c(C(=O)Nc2ccccc2F)cc2cc(Br)ccc21. The molecule has 0 saturated carbocycles. The van der Waals surface area contributed by atoms with Crippen LogP contribution in [-0.4, -0.2) is 41.7 Å². The summed E-state index contributed by atoms with van der Waals surface area (Å²) >= 11 is 3.37. The second-order valence-electron chi connectivity index (χ2n) is 7.29. The first kappa shape index (κ1) is 22.0. The molecule has 1 atom stereocenters. The Labute approximate surface area is 191 Å². The maximum atomic E-state index is 14.0. The lowest BCUT2D eigenvalue weighted by Crippen LogP contribution is -2.42. The molecule has 1 aliphatic rings. The molecule has 2 aromatic carbocycles. The number of aromatic nitrogens is 1. The van der Waals surface area contributed by atoms with Crippen LogP contribution in [0.2, 0.25) is 0 Å². The van der Waals surface area contributed by atoms with Crippen LogP contribution in [0.15, 0.2) is 53.0 Å². The molecule has 3 N–H and O–H groups in total. The quantitative estimate of drug-likeness (QED) is 0.466. The first-order valence-corrected chi connectivity index (χ1v) is 10.8. The molecule has 8 nitrogen and oxygen atoms in total. The van der Waals surface area contributed by atoms with E-state index < -0.39 is 23.5 Å². The summed E-state index contributed by atoms with van der Waals surface area (Å²) in [5.74, 6) is -3.03. The van der Waals surface area contributed by atoms with Crippen LogP contribution in [0, 0.1) is 5.82 Å². The minimum Gasteiger partial charge on any atom is -0.376 e. The molecule has 0 aliphatic carbocycles. The maximum Gasteiger partial charge on any atom is 0.328 e. The van der Waals surface area contributed by atoms with E-state index in [2.05, 4.69) is 32.0 Å². The Morgan fingerprint density at radius 1 is 1.12 bits per heavy atom. The van der Waals surface area contributed by atoms with Crippen molar-refractivity contribution in [1.82, 2.24) is 9.99 Å². The van der Waals surface area contributed by atoms with Crippen LogP contribution in [0.5, 0.6) is 0 Å². The molecule has 1 fully saturated rings. The van der Waals surface area contributed by atoms with Crippen LogP contribution in [0.3, 0.4) is 0 Å². The van der Waals surface area contributed by atoms with Gasteiger partial charge in [0.2, 0.25) is 0 Å². The Bertz CT molecular complexity index is 1190. The highest BCUT2D eigenvalue weighted by atomic mass is 79.9. The Kier molecular flexibility index (Phi) is 6.52. The van der Waals surface area contributed by atoms with Gasteiger partial charge in [-0.25, -0.2) is 9.07 Å². The number of para-hydroxylation sites is 1. The molecule has 1 aliphatic heterocycles. The summed E-state index contributed by atoms with van der Waals surface area (Å²) < 4.78 is 21.4. The van der Waals surface area contributed by atoms with E-state index in [0.717, 1.165) is 17.3 Å². The van der Waals surface area contributed by atoms with E-state index >= 15 is 0 Å². The summed E-state index contributed by atoms with van der Waals surface area (Å²) in [4.78, 5) is 37.7. The van der Waals surface area contributed by atoms with Crippen molar-refractivity contribution in [2.75, 3.05) is 23.9 Å². The standard InChI is InChI=1S/C22H20BrFN4O4/c23-14-7-8-18-13(10-14)11-19(20(29)26-17-6-2-1-5-16(17)24)28(18)27-22(31)21(30)25-12-15-4-3-9-32-15/h1-2,5-8,10-11,15H,3-4,9,12H2,(H,25,30)(H,26,29)(H,27,31)/t15-/m1/s1. The fourth-order valence-corrected chi connectivity index (χ4v) is 3.85. The highest BCUT2D eigenvalue weighted by molar-refractivity contribution is 9.10. The first-order chi connectivity index (χ1) is 15.4. The van der Waals surface area contributed by atoms with Crippen molar-refractivity contribution < 1.29 is 23.5 Å². The second kappa shape index (κ2) is 9.49. The number of nitrogens with zero attached hydrogens (tertiary/aromatic N) is 1. The van der Waals surface area contributed by atoms with E-state index in [1.165, 1.54) is 22.9 Å². The third-order valence-corrected chi connectivity index (χ3v) is 5.55. The van der Waals surface area contributed by atoms with E-state index in [0.29, 0.717) is 17.5 Å². The minimum absolute atomic E-state index is 0.00359. The van der Waals surface area contributed by atoms with Crippen LogP contribution in [-0.2, 0) is 14.3 Å². The second-order valence-corrected chi connectivity index (χ2v) is 8.20. The topological polar surface area (TPSA) is 101 Å². The molecule has 0 radical (unpaired) electrons. The van der Waals surface area contributed by atoms with E-state index in [4.69, 9.17) is 4.74 Å². The molecule has 32 heavy (non-hydrogen) atoms. The molecule has 1 saturated heterocycles. The first-order valence-electron chi connectivity index (χ1n) is 10.00. The van der Waals surface area contributed by atoms with Crippen LogP contribution >= 0.6 is 15.9 Å². The molecule has 166 valence electrons. The number of carbonyl (C=O) groups excluding carboxylic acids is 3. The molecule has 2 heterocycles. The predicted molar refractivity (Wildman–Crippen MR) is 120 cm³/mol. The van der Waals surface area contributed by atoms with Crippen LogP contribution in [0.4, 0.5) is 10.1 Å². The highest BCUT2D eigenvalue weighted by Gasteiger charge is 2.23. The lowest BCUT2D eigenvalue weighted by Gasteiger charge is -2.14. The van der Waals surface area contributed by atoms with Crippen molar-refractivity contribution in [2.45, 2.75) is 18.9 Å². The van der Waals surface area contributed by atoms with Gasteiger partial charge >= 0.3 is 11.8 Å². The maximum absolute atomic E-state index is 14.0. The summed E-state index contributed by atoms with van der Waals surface area (Å²) in [6.07, 6.45) is 1.62. The Morgan fingerprint density at radius 2 is 1.94 bits per heavy atom. The number of ether oxygens (including phenoxy) is 1. The third kappa shape index (κ3) is 4.81. The summed E-state index contributed by atoms with van der Waals surface area (Å²) in [6, 6.07) is 12.5. The van der Waals surface area contributed by atoms with Crippen molar-refractivity contribution >= 4 is 50.2 Å². The highest BCUT2D eigenvalue weighted by Crippen LogP contribution is 2.24. The molecule has 0 unspecified atom stereocenters. The number of nitrogens with one attached hydrogen (secondary N) is 3. The van der Waals surface area contributed by atoms with Gasteiger partial charge in [0, 0.05) is 23.0 Å². The number of rotatable bonds is 5. The number of benzene rings is 2. The Hall–Kier alpha value is -3.24. The van der Waals surface area contributed by atoms with Gasteiger partial charge in [0.05, 0.1) is 17.3 Å². The molecule has 0 bridgehead atoms. The molecule has 3 amide bonds. The van der Waals surface area contributed by atoms with Crippen molar-refractivity contribution in [3.63, 3.8) is 0 Å². The van der Waals surface area contributed by atoms with Gasteiger partial charge in [-0.2, -0.15) is 0 Å². The number of hydrogen-bond acceptors (Lipinski definition) is 4. The van der Waals surface area contributed by atoms with Crippen molar-refractivity contribution in [3.8, 4) is 0 Å². The number of anilines is 1. The normalized spacial score (nSPS) is 15.5. The monoisotopic (exact) mass is 502 g/mol. The van der Waals surface area contributed by atoms with E-state index in [1.54, 1.807) is 30.3 Å². The van der Waals surface area contributed by atoms with E-state index in [1.807, 2.05) is 0 Å². The minimum atomic E-state index is -0.941. The molecule has 0 spiro atoms. The van der Waals surface area contributed by atoms with Gasteiger partial charge in [0.15, 0.2) is 0 Å². The van der Waals surface area contributed by atoms with Gasteiger partial charge in [-0.3, -0.25) is 19.8 Å². The molecule has 4 rings (SSSR count). The molecular formula is C22H20BrFN4O4. The lowest BCUT2D eigenvalue weighted by atomic mass is 10.2. The van der Waals surface area contributed by atoms with Crippen molar-refractivity contribution in [1.29, 1.82) is 0 Å². The van der Waals surface area contributed by atoms with Crippen molar-refractivity contribution in [3.05, 3.63) is 64.5 Å². The lowest BCUT2D eigenvalue weighted by molar-refractivity contribution is -0.136. The van der Waals surface area contributed by atoms with Crippen LogP contribution in [0.1, 0.15) is 23.3 Å². The number of amides is 3. The van der Waals surface area contributed by atoms with Gasteiger partial charge in [-0.15, -0.1) is 0 Å². The summed E-state index contributed by atoms with van der Waals surface area (Å²) in [5.41, 5.74) is 2.98. The zero-order chi connectivity index (χ0) is 22.7. The summed E-state index contributed by atoms with van der Waals surface area (Å²) in [7, 11) is 0. The van der Waals surface area contributed by atoms with Gasteiger partial charge < -0.3 is 15.4 Å².